The Kier molecular flexibility index (Phi) is 6.50. The minimum absolute atomic E-state index is 0.0698. The first-order chi connectivity index (χ1) is 16.4. The fraction of sp³-hybridized carbons (Fsp3) is 0.478. The second kappa shape index (κ2) is 9.56. The molecule has 0 spiro atoms. The van der Waals surface area contributed by atoms with E-state index >= 15 is 0 Å². The lowest BCUT2D eigenvalue weighted by Gasteiger charge is -2.29. The van der Waals surface area contributed by atoms with Gasteiger partial charge in [0.25, 0.3) is 0 Å². The number of nitrogens with one attached hydrogen (secondary N) is 2. The number of hydrogen-bond acceptors (Lipinski definition) is 7. The fourth-order valence-electron chi connectivity index (χ4n) is 5.01. The molecule has 1 aromatic carbocycles. The fourth-order valence-corrected chi connectivity index (χ4v) is 5.51. The summed E-state index contributed by atoms with van der Waals surface area (Å²) in [6, 6.07) is 5.51. The van der Waals surface area contributed by atoms with Crippen LogP contribution in [0, 0.1) is 5.92 Å². The lowest BCUT2D eigenvalue weighted by molar-refractivity contribution is -0.122. The Morgan fingerprint density at radius 1 is 1.09 bits per heavy atom. The third-order valence-corrected chi connectivity index (χ3v) is 7.46. The molecule has 2 heterocycles. The van der Waals surface area contributed by atoms with Crippen LogP contribution in [0.3, 0.4) is 0 Å². The lowest BCUT2D eigenvalue weighted by atomic mass is 9.85. The molecule has 34 heavy (non-hydrogen) atoms. The molecule has 2 aliphatic carbocycles. The normalized spacial score (nSPS) is 24.9. The average molecular weight is 504 g/mol. The number of hydrogen-bond donors (Lipinski definition) is 4. The number of halogens is 2. The largest absolute Gasteiger partial charge is 0.393 e. The summed E-state index contributed by atoms with van der Waals surface area (Å²) in [5.74, 6) is 0.708. The molecule has 2 fully saturated rings. The lowest BCUT2D eigenvalue weighted by Crippen LogP contribution is -2.28. The highest BCUT2D eigenvalue weighted by atomic mass is 35.5. The summed E-state index contributed by atoms with van der Waals surface area (Å²) in [7, 11) is 0. The Bertz CT molecular complexity index is 1190. The zero-order valence-corrected chi connectivity index (χ0v) is 20.1. The van der Waals surface area contributed by atoms with Crippen LogP contribution in [0.4, 0.5) is 17.6 Å². The molecular formula is C23H27Cl2N7O2. The molecule has 11 heteroatoms. The van der Waals surface area contributed by atoms with E-state index in [-0.39, 0.29) is 30.0 Å². The average Bonchev–Trinajstić information content (AvgIpc) is 3.38. The molecule has 2 atom stereocenters. The molecule has 1 amide bonds. The number of amides is 1. The predicted molar refractivity (Wildman–Crippen MR) is 133 cm³/mol. The Balaban J connectivity index is 1.52. The molecule has 1 unspecified atom stereocenters. The van der Waals surface area contributed by atoms with Crippen molar-refractivity contribution >= 4 is 57.9 Å². The van der Waals surface area contributed by atoms with Crippen LogP contribution in [0.1, 0.15) is 51.0 Å². The number of carbonyl (C=O) groups is 1. The van der Waals surface area contributed by atoms with Crippen molar-refractivity contribution < 1.29 is 9.90 Å². The molecule has 5 N–H and O–H groups in total. The first kappa shape index (κ1) is 23.1. The number of carbonyl (C=O) groups excluding carboxylic acids is 1. The topological polar surface area (TPSA) is 131 Å². The Hall–Kier alpha value is -2.62. The summed E-state index contributed by atoms with van der Waals surface area (Å²) >= 11 is 12.8. The monoisotopic (exact) mass is 503 g/mol. The number of aromatic nitrogens is 4. The maximum Gasteiger partial charge on any atom is 0.224 e. The number of aliphatic hydroxyl groups excluding tert-OH is 1. The number of primary amides is 1. The van der Waals surface area contributed by atoms with Crippen LogP contribution in [0.5, 0.6) is 0 Å². The third kappa shape index (κ3) is 4.64. The molecule has 0 radical (unpaired) electrons. The molecule has 2 saturated carbocycles. The van der Waals surface area contributed by atoms with Gasteiger partial charge in [0.1, 0.15) is 5.52 Å². The number of para-hydroxylation sites is 1. The van der Waals surface area contributed by atoms with E-state index in [1.165, 1.54) is 0 Å². The number of fused-ring (bicyclic) bond motifs is 1. The van der Waals surface area contributed by atoms with Gasteiger partial charge in [-0.2, -0.15) is 4.98 Å². The summed E-state index contributed by atoms with van der Waals surface area (Å²) in [6.07, 6.45) is 6.69. The Labute approximate surface area is 207 Å². The highest BCUT2D eigenvalue weighted by molar-refractivity contribution is 6.39. The van der Waals surface area contributed by atoms with Crippen molar-refractivity contribution in [2.75, 3.05) is 10.6 Å². The highest BCUT2D eigenvalue weighted by Crippen LogP contribution is 2.39. The smallest absolute Gasteiger partial charge is 0.224 e. The summed E-state index contributed by atoms with van der Waals surface area (Å²) in [5.41, 5.74) is 7.44. The summed E-state index contributed by atoms with van der Waals surface area (Å²) < 4.78 is 2.06. The van der Waals surface area contributed by atoms with Gasteiger partial charge in [0.2, 0.25) is 17.8 Å². The second-order valence-corrected chi connectivity index (χ2v) is 9.96. The van der Waals surface area contributed by atoms with Crippen molar-refractivity contribution in [2.24, 2.45) is 11.7 Å². The molecule has 0 saturated heterocycles. The highest BCUT2D eigenvalue weighted by Gasteiger charge is 2.30. The van der Waals surface area contributed by atoms with Gasteiger partial charge in [0, 0.05) is 18.0 Å². The quantitative estimate of drug-likeness (QED) is 0.391. The second-order valence-electron chi connectivity index (χ2n) is 9.15. The van der Waals surface area contributed by atoms with Crippen LogP contribution in [-0.4, -0.2) is 42.7 Å². The van der Waals surface area contributed by atoms with Crippen LogP contribution in [0.25, 0.3) is 11.2 Å². The number of imidazole rings is 1. The number of nitrogens with two attached hydrogens (primary N) is 1. The van der Waals surface area contributed by atoms with E-state index in [0.717, 1.165) is 25.7 Å². The van der Waals surface area contributed by atoms with Gasteiger partial charge in [-0.15, -0.1) is 0 Å². The maximum absolute atomic E-state index is 11.7. The van der Waals surface area contributed by atoms with Crippen molar-refractivity contribution in [1.82, 2.24) is 19.5 Å². The van der Waals surface area contributed by atoms with Crippen molar-refractivity contribution in [3.8, 4) is 0 Å². The van der Waals surface area contributed by atoms with Crippen molar-refractivity contribution in [2.45, 2.75) is 63.1 Å². The molecule has 2 aromatic heterocycles. The Morgan fingerprint density at radius 2 is 1.82 bits per heavy atom. The van der Waals surface area contributed by atoms with Gasteiger partial charge in [-0.3, -0.25) is 9.36 Å². The molecule has 3 aromatic rings. The van der Waals surface area contributed by atoms with Crippen LogP contribution in [0.2, 0.25) is 10.0 Å². The molecule has 2 aliphatic rings. The van der Waals surface area contributed by atoms with E-state index in [2.05, 4.69) is 20.2 Å². The van der Waals surface area contributed by atoms with Gasteiger partial charge in [-0.1, -0.05) is 29.3 Å². The van der Waals surface area contributed by atoms with Crippen LogP contribution >= 0.6 is 23.2 Å². The van der Waals surface area contributed by atoms with Gasteiger partial charge in [-0.25, -0.2) is 9.97 Å². The molecule has 9 nitrogen and oxygen atoms in total. The van der Waals surface area contributed by atoms with E-state index in [1.807, 2.05) is 0 Å². The SMILES string of the molecule is NC(=O)[C@H]1CC[C@@H](n2c(Nc3c(Cl)cccc3Cl)nc3cnc(N[C@@H]4CCC(O)C4)nc32)CC1. The van der Waals surface area contributed by atoms with E-state index in [9.17, 15) is 9.90 Å². The number of anilines is 3. The minimum Gasteiger partial charge on any atom is -0.393 e. The maximum atomic E-state index is 11.7. The van der Waals surface area contributed by atoms with E-state index in [4.69, 9.17) is 38.9 Å². The number of benzene rings is 1. The predicted octanol–water partition coefficient (Wildman–Crippen LogP) is 4.42. The van der Waals surface area contributed by atoms with Gasteiger partial charge in [0.05, 0.1) is 28.0 Å². The van der Waals surface area contributed by atoms with Crippen LogP contribution in [-0.2, 0) is 4.79 Å². The standard InChI is InChI=1S/C23H27Cl2N7O2/c24-16-2-1-3-17(25)19(16)30-23-29-18-11-27-22(28-13-6-9-15(33)10-13)31-21(18)32(23)14-7-4-12(5-8-14)20(26)34/h1-3,11-15,33H,4-10H2,(H2,26,34)(H,29,30)(H,27,28,31)/t12-,13-,14+,15?/m1/s1. The molecule has 180 valence electrons. The summed E-state index contributed by atoms with van der Waals surface area (Å²) in [6.45, 7) is 0. The first-order valence-corrected chi connectivity index (χ1v) is 12.3. The van der Waals surface area contributed by atoms with Crippen molar-refractivity contribution in [3.63, 3.8) is 0 Å². The Morgan fingerprint density at radius 3 is 2.47 bits per heavy atom. The van der Waals surface area contributed by atoms with Gasteiger partial charge < -0.3 is 21.5 Å². The summed E-state index contributed by atoms with van der Waals surface area (Å²) in [4.78, 5) is 25.7. The molecule has 0 aliphatic heterocycles. The van der Waals surface area contributed by atoms with E-state index in [1.54, 1.807) is 24.4 Å². The third-order valence-electron chi connectivity index (χ3n) is 6.83. The number of rotatable bonds is 6. The van der Waals surface area contributed by atoms with Crippen LogP contribution < -0.4 is 16.4 Å². The van der Waals surface area contributed by atoms with E-state index < -0.39 is 0 Å². The van der Waals surface area contributed by atoms with Gasteiger partial charge in [0.15, 0.2) is 5.65 Å². The van der Waals surface area contributed by atoms with Gasteiger partial charge in [-0.05, 0) is 57.1 Å². The van der Waals surface area contributed by atoms with Gasteiger partial charge >= 0.3 is 0 Å². The van der Waals surface area contributed by atoms with Crippen molar-refractivity contribution in [1.29, 1.82) is 0 Å². The minimum atomic E-state index is -0.289. The van der Waals surface area contributed by atoms with Crippen molar-refractivity contribution in [3.05, 3.63) is 34.4 Å². The summed E-state index contributed by atoms with van der Waals surface area (Å²) in [5, 5.41) is 17.5. The zero-order chi connectivity index (χ0) is 23.8. The zero-order valence-electron chi connectivity index (χ0n) is 18.5. The molecular weight excluding hydrogens is 477 g/mol. The number of aliphatic hydroxyl groups is 1. The van der Waals surface area contributed by atoms with Crippen LogP contribution in [0.15, 0.2) is 24.4 Å². The first-order valence-electron chi connectivity index (χ1n) is 11.6. The molecule has 0 bridgehead atoms. The molecule has 5 rings (SSSR count). The van der Waals surface area contributed by atoms with E-state index in [0.29, 0.717) is 58.1 Å². The number of nitrogens with zero attached hydrogens (tertiary/aromatic N) is 4.